The highest BCUT2D eigenvalue weighted by Gasteiger charge is 2.29. The molecule has 1 aromatic rings. The molecule has 1 heterocycles. The lowest BCUT2D eigenvalue weighted by atomic mass is 10.5. The zero-order chi connectivity index (χ0) is 18.3. The van der Waals surface area contributed by atoms with Crippen molar-refractivity contribution in [2.75, 3.05) is 17.8 Å². The number of ether oxygens (including phenoxy) is 1. The first-order valence-electron chi connectivity index (χ1n) is 7.66. The van der Waals surface area contributed by atoms with Gasteiger partial charge in [0.05, 0.1) is 18.3 Å². The molecule has 0 fully saturated rings. The Labute approximate surface area is 152 Å². The first kappa shape index (κ1) is 21.6. The lowest BCUT2D eigenvalue weighted by Gasteiger charge is -2.24. The number of nitrogens with one attached hydrogen (secondary N) is 1. The van der Waals surface area contributed by atoms with E-state index in [0.29, 0.717) is 15.4 Å². The highest BCUT2D eigenvalue weighted by Crippen LogP contribution is 2.50. The summed E-state index contributed by atoms with van der Waals surface area (Å²) in [6.45, 7) is 9.12. The molecular formula is C14H26N3O4PS2. The van der Waals surface area contributed by atoms with E-state index in [1.807, 2.05) is 34.6 Å². The molecule has 0 aliphatic rings. The molecule has 0 unspecified atom stereocenters. The number of nitrogens with zero attached hydrogens (tertiary/aromatic N) is 1. The molecule has 0 aliphatic carbocycles. The Morgan fingerprint density at radius 3 is 2.38 bits per heavy atom. The van der Waals surface area contributed by atoms with E-state index in [-0.39, 0.29) is 30.6 Å². The van der Waals surface area contributed by atoms with Gasteiger partial charge >= 0.3 is 7.60 Å². The van der Waals surface area contributed by atoms with Crippen molar-refractivity contribution in [3.63, 3.8) is 0 Å². The van der Waals surface area contributed by atoms with Crippen LogP contribution in [-0.2, 0) is 18.3 Å². The van der Waals surface area contributed by atoms with Crippen molar-refractivity contribution in [3.8, 4) is 0 Å². The smallest absolute Gasteiger partial charge is 0.356 e. The Hall–Kier alpha value is -0.440. The third-order valence-corrected chi connectivity index (χ3v) is 5.77. The monoisotopic (exact) mass is 395 g/mol. The molecule has 0 saturated carbocycles. The van der Waals surface area contributed by atoms with Crippen LogP contribution < -0.4 is 5.73 Å². The summed E-state index contributed by atoms with van der Waals surface area (Å²) < 4.78 is 29.8. The van der Waals surface area contributed by atoms with Gasteiger partial charge in [0, 0.05) is 11.8 Å². The number of thioether (sulfide) groups is 1. The number of nitrogen functional groups attached to an aromatic ring is 1. The maximum Gasteiger partial charge on any atom is 0.356 e. The second kappa shape index (κ2) is 9.89. The summed E-state index contributed by atoms with van der Waals surface area (Å²) in [4.78, 5) is 6.90. The predicted molar refractivity (Wildman–Crippen MR) is 100 cm³/mol. The summed E-state index contributed by atoms with van der Waals surface area (Å²) in [5.41, 5.74) is 5.63. The molecule has 0 amide bonds. The Kier molecular flexibility index (Phi) is 8.90. The van der Waals surface area contributed by atoms with Crippen LogP contribution in [0.25, 0.3) is 0 Å². The van der Waals surface area contributed by atoms with Crippen LogP contribution in [0.3, 0.4) is 0 Å². The molecule has 3 N–H and O–H groups in total. The van der Waals surface area contributed by atoms with E-state index >= 15 is 0 Å². The summed E-state index contributed by atoms with van der Waals surface area (Å²) in [5, 5.41) is 0.715. The van der Waals surface area contributed by atoms with Crippen LogP contribution in [0.15, 0.2) is 11.1 Å². The van der Waals surface area contributed by atoms with Gasteiger partial charge in [-0.25, -0.2) is 4.98 Å². The topological polar surface area (TPSA) is 99.5 Å². The van der Waals surface area contributed by atoms with Crippen molar-refractivity contribution >= 4 is 37.5 Å². The van der Waals surface area contributed by atoms with Crippen LogP contribution in [0.5, 0.6) is 0 Å². The lowest BCUT2D eigenvalue weighted by Crippen LogP contribution is -2.17. The zero-order valence-electron chi connectivity index (χ0n) is 14.6. The van der Waals surface area contributed by atoms with Gasteiger partial charge in [-0.15, -0.1) is 11.8 Å². The fraction of sp³-hybridized carbons (Fsp3) is 0.714. The highest BCUT2D eigenvalue weighted by molar-refractivity contribution is 7.99. The normalized spacial score (nSPS) is 13.6. The van der Waals surface area contributed by atoms with Gasteiger partial charge in [0.25, 0.3) is 0 Å². The molecule has 0 radical (unpaired) electrons. The minimum absolute atomic E-state index is 0.0878. The van der Waals surface area contributed by atoms with E-state index in [0.717, 1.165) is 0 Å². The number of rotatable bonds is 10. The zero-order valence-corrected chi connectivity index (χ0v) is 17.2. The number of aromatic amines is 1. The average molecular weight is 395 g/mol. The number of hydrogen-bond acceptors (Lipinski definition) is 8. The minimum Gasteiger partial charge on any atom is -0.369 e. The summed E-state index contributed by atoms with van der Waals surface area (Å²) in [7, 11) is -3.29. The number of anilines is 1. The molecule has 24 heavy (non-hydrogen) atoms. The Balaban J connectivity index is 2.54. The second-order valence-corrected chi connectivity index (χ2v) is 9.19. The Morgan fingerprint density at radius 1 is 1.29 bits per heavy atom. The third kappa shape index (κ3) is 8.60. The van der Waals surface area contributed by atoms with Gasteiger partial charge in [0.15, 0.2) is 5.95 Å². The van der Waals surface area contributed by atoms with Gasteiger partial charge in [0.2, 0.25) is 0 Å². The van der Waals surface area contributed by atoms with Crippen molar-refractivity contribution in [1.29, 1.82) is 0 Å². The van der Waals surface area contributed by atoms with Crippen LogP contribution in [-0.4, -0.2) is 40.4 Å². The number of hydrogen-bond donors (Lipinski definition) is 2. The number of aromatic nitrogens is 2. The quantitative estimate of drug-likeness (QED) is 0.263. The van der Waals surface area contributed by atoms with Crippen molar-refractivity contribution in [2.45, 2.75) is 58.0 Å². The van der Waals surface area contributed by atoms with Gasteiger partial charge in [-0.2, -0.15) is 0 Å². The molecule has 0 aromatic carbocycles. The van der Waals surface area contributed by atoms with E-state index in [9.17, 15) is 4.57 Å². The molecule has 0 bridgehead atoms. The summed E-state index contributed by atoms with van der Waals surface area (Å²) in [6.07, 6.45) is -0.673. The standard InChI is InChI=1S/C14H26N3O4PS2/c1-9(2)20-22(18,21-10(3)4)8-19-11(5)7-24-13-6-12(23)16-14(15)17-13/h6,9-11H,7-8H2,1-5H3,(H3,15,16,17,23)/t11-/m0/s1. The minimum atomic E-state index is -3.29. The SMILES string of the molecule is CC(C)OP(=O)(CO[C@@H](C)CSc1cc(=S)[nH]c(N)n1)OC(C)C. The van der Waals surface area contributed by atoms with E-state index in [1.165, 1.54) is 11.8 Å². The first-order chi connectivity index (χ1) is 11.1. The van der Waals surface area contributed by atoms with Crippen molar-refractivity contribution in [3.05, 3.63) is 10.7 Å². The molecule has 1 rings (SSSR count). The van der Waals surface area contributed by atoms with Gasteiger partial charge in [-0.1, -0.05) is 12.2 Å². The maximum absolute atomic E-state index is 12.7. The van der Waals surface area contributed by atoms with Gasteiger partial charge in [0.1, 0.15) is 16.0 Å². The molecule has 7 nitrogen and oxygen atoms in total. The molecular weight excluding hydrogens is 369 g/mol. The van der Waals surface area contributed by atoms with Gasteiger partial charge in [-0.3, -0.25) is 4.57 Å². The highest BCUT2D eigenvalue weighted by atomic mass is 32.2. The molecule has 10 heteroatoms. The molecule has 1 aromatic heterocycles. The van der Waals surface area contributed by atoms with Crippen LogP contribution in [0.4, 0.5) is 5.95 Å². The Morgan fingerprint density at radius 2 is 1.88 bits per heavy atom. The fourth-order valence-electron chi connectivity index (χ4n) is 1.72. The summed E-state index contributed by atoms with van der Waals surface area (Å²) in [5.74, 6) is 0.882. The van der Waals surface area contributed by atoms with Crippen LogP contribution in [0, 0.1) is 4.64 Å². The maximum atomic E-state index is 12.7. The number of H-pyrrole nitrogens is 1. The van der Waals surface area contributed by atoms with Crippen molar-refractivity contribution in [1.82, 2.24) is 9.97 Å². The van der Waals surface area contributed by atoms with Crippen LogP contribution >= 0.6 is 31.6 Å². The average Bonchev–Trinajstić information content (AvgIpc) is 2.40. The molecule has 1 atom stereocenters. The Bertz CT molecular complexity index is 610. The van der Waals surface area contributed by atoms with E-state index in [2.05, 4.69) is 9.97 Å². The molecule has 138 valence electrons. The molecule has 0 saturated heterocycles. The van der Waals surface area contributed by atoms with Gasteiger partial charge < -0.3 is 24.5 Å². The number of nitrogens with two attached hydrogens (primary N) is 1. The first-order valence-corrected chi connectivity index (χ1v) is 10.8. The third-order valence-electron chi connectivity index (χ3n) is 2.46. The van der Waals surface area contributed by atoms with Crippen molar-refractivity contribution in [2.24, 2.45) is 0 Å². The molecule has 0 spiro atoms. The lowest BCUT2D eigenvalue weighted by molar-refractivity contribution is 0.0731. The van der Waals surface area contributed by atoms with E-state index in [1.54, 1.807) is 6.07 Å². The van der Waals surface area contributed by atoms with E-state index < -0.39 is 7.60 Å². The van der Waals surface area contributed by atoms with Crippen LogP contribution in [0.2, 0.25) is 0 Å². The van der Waals surface area contributed by atoms with Crippen LogP contribution in [0.1, 0.15) is 34.6 Å². The molecule has 0 aliphatic heterocycles. The predicted octanol–water partition coefficient (Wildman–Crippen LogP) is 4.22. The van der Waals surface area contributed by atoms with Gasteiger partial charge in [-0.05, 0) is 34.6 Å². The van der Waals surface area contributed by atoms with Crippen molar-refractivity contribution < 1.29 is 18.3 Å². The fourth-order valence-corrected chi connectivity index (χ4v) is 4.77. The van der Waals surface area contributed by atoms with E-state index in [4.69, 9.17) is 31.7 Å². The summed E-state index contributed by atoms with van der Waals surface area (Å²) >= 11 is 6.52. The largest absolute Gasteiger partial charge is 0.369 e. The second-order valence-electron chi connectivity index (χ2n) is 5.81. The summed E-state index contributed by atoms with van der Waals surface area (Å²) in [6, 6.07) is 1.73.